The van der Waals surface area contributed by atoms with Gasteiger partial charge in [0.2, 0.25) is 0 Å². The Morgan fingerprint density at radius 1 is 0.297 bits per heavy atom. The second kappa shape index (κ2) is 37.1. The van der Waals surface area contributed by atoms with Gasteiger partial charge in [0.15, 0.2) is 12.6 Å². The van der Waals surface area contributed by atoms with Crippen molar-refractivity contribution in [1.82, 2.24) is 5.32 Å². The normalized spacial score (nSPS) is 26.1. The van der Waals surface area contributed by atoms with Crippen LogP contribution in [0.25, 0.3) is 0 Å². The lowest BCUT2D eigenvalue weighted by molar-refractivity contribution is -0.224. The van der Waals surface area contributed by atoms with Crippen LogP contribution < -0.4 is 5.32 Å². The van der Waals surface area contributed by atoms with Crippen LogP contribution >= 0.6 is 35.3 Å². The quantitative estimate of drug-likeness (QED) is 0.241. The molecule has 0 amide bonds. The van der Waals surface area contributed by atoms with Crippen LogP contribution in [-0.4, -0.2) is 86.1 Å². The molecule has 1 aliphatic carbocycles. The van der Waals surface area contributed by atoms with Crippen LogP contribution in [-0.2, 0) is 18.9 Å². The maximum atomic E-state index is 5.42. The summed E-state index contributed by atoms with van der Waals surface area (Å²) in [6, 6.07) is 0. The number of hydrogen-bond donors (Lipinski definition) is 1. The molecule has 0 spiro atoms. The Morgan fingerprint density at radius 2 is 0.703 bits per heavy atom. The Bertz CT molecular complexity index is 1120. The van der Waals surface area contributed by atoms with E-state index in [0.29, 0.717) is 27.1 Å². The number of ether oxygens (including phenoxy) is 4. The molecule has 444 valence electrons. The van der Waals surface area contributed by atoms with Gasteiger partial charge in [-0.2, -0.15) is 35.3 Å². The highest BCUT2D eigenvalue weighted by atomic mass is 32.2. The zero-order valence-electron chi connectivity index (χ0n) is 53.8. The summed E-state index contributed by atoms with van der Waals surface area (Å²) in [6.07, 6.45) is 28.5. The second-order valence-corrected chi connectivity index (χ2v) is 34.5. The van der Waals surface area contributed by atoms with Gasteiger partial charge in [-0.15, -0.1) is 0 Å². The average Bonchev–Trinajstić information content (AvgIpc) is 3.78. The highest BCUT2D eigenvalue weighted by Gasteiger charge is 2.31. The van der Waals surface area contributed by atoms with Crippen molar-refractivity contribution in [2.24, 2.45) is 61.6 Å². The average molecular weight is 1100 g/mol. The van der Waals surface area contributed by atoms with E-state index in [-0.39, 0.29) is 23.4 Å². The summed E-state index contributed by atoms with van der Waals surface area (Å²) in [6.45, 7) is 54.0. The van der Waals surface area contributed by atoms with Crippen LogP contribution in [0.15, 0.2) is 0 Å². The van der Waals surface area contributed by atoms with E-state index in [1.807, 2.05) is 0 Å². The molecule has 5 nitrogen and oxygen atoms in total. The number of thioether (sulfide) groups is 3. The fourth-order valence-corrected chi connectivity index (χ4v) is 14.9. The lowest BCUT2D eigenvalue weighted by Crippen LogP contribution is -2.36. The van der Waals surface area contributed by atoms with Crippen molar-refractivity contribution in [3.05, 3.63) is 0 Å². The van der Waals surface area contributed by atoms with E-state index >= 15 is 0 Å². The zero-order chi connectivity index (χ0) is 56.1. The van der Waals surface area contributed by atoms with Crippen molar-refractivity contribution in [3.8, 4) is 0 Å². The largest absolute Gasteiger partial charge is 0.352 e. The van der Waals surface area contributed by atoms with Crippen molar-refractivity contribution < 1.29 is 18.9 Å². The summed E-state index contributed by atoms with van der Waals surface area (Å²) in [5, 5.41) is 4.36. The first kappa shape index (κ1) is 72.9. The monoisotopic (exact) mass is 1100 g/mol. The van der Waals surface area contributed by atoms with Crippen LogP contribution in [0, 0.1) is 61.6 Å². The summed E-state index contributed by atoms with van der Waals surface area (Å²) in [5.41, 5.74) is 2.95. The van der Waals surface area contributed by atoms with Crippen LogP contribution in [0.3, 0.4) is 0 Å². The third kappa shape index (κ3) is 35.6. The lowest BCUT2D eigenvalue weighted by Gasteiger charge is -2.33. The fourth-order valence-electron chi connectivity index (χ4n) is 10.8. The molecule has 4 unspecified atom stereocenters. The maximum Gasteiger partial charge on any atom is 0.162 e. The van der Waals surface area contributed by atoms with E-state index in [1.165, 1.54) is 164 Å². The molecule has 1 N–H and O–H groups in total. The molecule has 1 saturated carbocycles. The molecule has 0 radical (unpaired) electrons. The maximum absolute atomic E-state index is 5.42. The van der Waals surface area contributed by atoms with E-state index in [9.17, 15) is 0 Å². The predicted molar refractivity (Wildman–Crippen MR) is 338 cm³/mol. The standard InChI is InChI=1S/C11H22.C10H21N.3C10H20S.C8H16O2.C7H14O2/c1-11(2,3)10-8-6-4-5-7-9-10;2*1-10(2,3)9-5-4-7-11-8-6-9;1-10(2,3)9-6-4-5-7-11-8-9;1-10(2,3)9-7-5-4-6-8-11-9;1-8(2,3)7-9-5-4-6-10-7;1-7(2,3)6-8-4-5-9-6/h10H,4-9H2,1-3H3;9,11H,4-8H2,1-3H3;3*9H,4-8H2,1-3H3;7H,4-6H2,1-3H3;6H,4-5H2,1-3H3. The molecule has 0 bridgehead atoms. The Balaban J connectivity index is 0.000000432. The predicted octanol–water partition coefficient (Wildman–Crippen LogP) is 20.5. The molecule has 0 aromatic carbocycles. The molecule has 7 aliphatic rings. The Hall–Kier alpha value is 0.850. The van der Waals surface area contributed by atoms with E-state index in [4.69, 9.17) is 18.9 Å². The third-order valence-corrected chi connectivity index (χ3v) is 20.6. The Morgan fingerprint density at radius 3 is 1.20 bits per heavy atom. The minimum atomic E-state index is 0.00116. The summed E-state index contributed by atoms with van der Waals surface area (Å²) >= 11 is 6.48. The molecule has 6 aliphatic heterocycles. The zero-order valence-corrected chi connectivity index (χ0v) is 56.3. The van der Waals surface area contributed by atoms with Gasteiger partial charge in [-0.25, -0.2) is 0 Å². The third-order valence-electron chi connectivity index (χ3n) is 16.5. The van der Waals surface area contributed by atoms with E-state index in [2.05, 4.69) is 186 Å². The summed E-state index contributed by atoms with van der Waals surface area (Å²) in [7, 11) is 0. The first-order valence-corrected chi connectivity index (χ1v) is 34.5. The van der Waals surface area contributed by atoms with Gasteiger partial charge in [0.1, 0.15) is 0 Å². The molecular formula is C66H133NO4S3. The molecule has 6 heterocycles. The van der Waals surface area contributed by atoms with Crippen molar-refractivity contribution >= 4 is 35.3 Å². The van der Waals surface area contributed by atoms with Gasteiger partial charge in [0, 0.05) is 16.1 Å². The van der Waals surface area contributed by atoms with E-state index < -0.39 is 0 Å². The minimum Gasteiger partial charge on any atom is -0.352 e. The fraction of sp³-hybridized carbons (Fsp3) is 1.00. The molecule has 0 aromatic heterocycles. The van der Waals surface area contributed by atoms with E-state index in [1.54, 1.807) is 0 Å². The molecular weight excluding hydrogens is 967 g/mol. The Labute approximate surface area is 478 Å². The summed E-state index contributed by atoms with van der Waals surface area (Å²) in [4.78, 5) is 0. The summed E-state index contributed by atoms with van der Waals surface area (Å²) < 4.78 is 21.4. The SMILES string of the molecule is CC(C)(C)C1CCCCCC1.CC(C)(C)C1CCCCCS1.CC(C)(C)C1CCCCSC1.CC(C)(C)C1CCCNCC1.CC(C)(C)C1CCCSCC1.CC(C)(C)C1OCCCO1.CC(C)(C)C1OCCO1. The minimum absolute atomic E-state index is 0.00116. The molecule has 0 aromatic rings. The molecule has 74 heavy (non-hydrogen) atoms. The first-order chi connectivity index (χ1) is 34.2. The van der Waals surface area contributed by atoms with Crippen molar-refractivity contribution in [3.63, 3.8) is 0 Å². The van der Waals surface area contributed by atoms with Crippen molar-refractivity contribution in [2.45, 2.75) is 292 Å². The number of nitrogens with one attached hydrogen (secondary N) is 1. The van der Waals surface area contributed by atoms with Crippen molar-refractivity contribution in [2.75, 3.05) is 68.3 Å². The first-order valence-electron chi connectivity index (χ1n) is 31.2. The lowest BCUT2D eigenvalue weighted by atomic mass is 9.76. The van der Waals surface area contributed by atoms with Crippen LogP contribution in [0.2, 0.25) is 0 Å². The van der Waals surface area contributed by atoms with E-state index in [0.717, 1.165) is 61.8 Å². The topological polar surface area (TPSA) is 49.0 Å². The highest BCUT2D eigenvalue weighted by molar-refractivity contribution is 8.00. The van der Waals surface area contributed by atoms with Crippen molar-refractivity contribution in [1.29, 1.82) is 0 Å². The number of hydrogen-bond acceptors (Lipinski definition) is 8. The Kier molecular flexibility index (Phi) is 36.5. The van der Waals surface area contributed by atoms with Gasteiger partial charge in [0.05, 0.1) is 26.4 Å². The summed E-state index contributed by atoms with van der Waals surface area (Å²) in [5.74, 6) is 10.8. The smallest absolute Gasteiger partial charge is 0.162 e. The van der Waals surface area contributed by atoms with Crippen LogP contribution in [0.1, 0.15) is 274 Å². The molecule has 8 heteroatoms. The van der Waals surface area contributed by atoms with Gasteiger partial charge in [-0.05, 0) is 176 Å². The molecule has 7 fully saturated rings. The van der Waals surface area contributed by atoms with Crippen LogP contribution in [0.5, 0.6) is 0 Å². The van der Waals surface area contributed by atoms with Gasteiger partial charge < -0.3 is 24.3 Å². The highest BCUT2D eigenvalue weighted by Crippen LogP contribution is 2.40. The molecule has 4 atom stereocenters. The molecule has 7 rings (SSSR count). The number of rotatable bonds is 0. The van der Waals surface area contributed by atoms with Crippen LogP contribution in [0.4, 0.5) is 0 Å². The van der Waals surface area contributed by atoms with Gasteiger partial charge in [-0.1, -0.05) is 190 Å². The van der Waals surface area contributed by atoms with Gasteiger partial charge in [0.25, 0.3) is 0 Å². The van der Waals surface area contributed by atoms with Gasteiger partial charge in [-0.3, -0.25) is 0 Å². The van der Waals surface area contributed by atoms with Gasteiger partial charge >= 0.3 is 0 Å². The molecule has 6 saturated heterocycles. The second-order valence-electron chi connectivity index (χ2n) is 30.8.